The van der Waals surface area contributed by atoms with Crippen molar-refractivity contribution in [2.45, 2.75) is 13.8 Å². The molecule has 4 rings (SSSR count). The van der Waals surface area contributed by atoms with Crippen LogP contribution in [0, 0.1) is 13.8 Å². The number of rotatable bonds is 7. The Hall–Kier alpha value is -4.04. The third kappa shape index (κ3) is 6.02. The lowest BCUT2D eigenvalue weighted by Crippen LogP contribution is -1.90. The maximum atomic E-state index is 5.22. The molecule has 0 saturated carbocycles. The van der Waals surface area contributed by atoms with Crippen molar-refractivity contribution in [1.29, 1.82) is 0 Å². The number of aryl methyl sites for hydroxylation is 2. The number of hydrogen-bond acceptors (Lipinski definition) is 2. The van der Waals surface area contributed by atoms with Gasteiger partial charge < -0.3 is 10.1 Å². The molecule has 2 nitrogen and oxygen atoms in total. The molecule has 0 aromatic heterocycles. The van der Waals surface area contributed by atoms with E-state index in [1.165, 1.54) is 27.8 Å². The summed E-state index contributed by atoms with van der Waals surface area (Å²) in [4.78, 5) is 0. The van der Waals surface area contributed by atoms with Crippen molar-refractivity contribution < 1.29 is 4.74 Å². The van der Waals surface area contributed by atoms with Crippen LogP contribution < -0.4 is 10.1 Å². The Labute approximate surface area is 196 Å². The van der Waals surface area contributed by atoms with Gasteiger partial charge in [0, 0.05) is 11.4 Å². The summed E-state index contributed by atoms with van der Waals surface area (Å²) in [7, 11) is 1.67. The molecule has 0 spiro atoms. The predicted octanol–water partition coefficient (Wildman–Crippen LogP) is 8.20. The van der Waals surface area contributed by atoms with Crippen LogP contribution in [0.1, 0.15) is 27.8 Å². The second-order valence-electron chi connectivity index (χ2n) is 8.15. The van der Waals surface area contributed by atoms with E-state index in [-0.39, 0.29) is 0 Å². The molecule has 0 heterocycles. The van der Waals surface area contributed by atoms with Crippen LogP contribution in [0.5, 0.6) is 5.75 Å². The number of allylic oxidation sites excluding steroid dienone is 2. The predicted molar refractivity (Wildman–Crippen MR) is 141 cm³/mol. The minimum atomic E-state index is 0.852. The second-order valence-corrected chi connectivity index (χ2v) is 8.15. The summed E-state index contributed by atoms with van der Waals surface area (Å²) in [6.07, 6.45) is 6.46. The maximum Gasteiger partial charge on any atom is 0.119 e. The summed E-state index contributed by atoms with van der Waals surface area (Å²) in [6, 6.07) is 33.7. The van der Waals surface area contributed by atoms with Gasteiger partial charge in [-0.05, 0) is 72.5 Å². The van der Waals surface area contributed by atoms with Gasteiger partial charge in [0.1, 0.15) is 5.75 Å². The van der Waals surface area contributed by atoms with E-state index in [1.807, 2.05) is 24.3 Å². The Morgan fingerprint density at radius 2 is 1.12 bits per heavy atom. The van der Waals surface area contributed by atoms with Crippen LogP contribution in [0.15, 0.2) is 109 Å². The van der Waals surface area contributed by atoms with Crippen molar-refractivity contribution in [2.75, 3.05) is 12.4 Å². The SMILES string of the molecule is COc1ccc(Nc2ccc(/C=C/C=C(c3ccc(C)cc3)c3ccc(C)cc3)cc2)cc1. The molecule has 0 aliphatic carbocycles. The van der Waals surface area contributed by atoms with Gasteiger partial charge in [0.25, 0.3) is 0 Å². The fourth-order valence-electron chi connectivity index (χ4n) is 3.60. The van der Waals surface area contributed by atoms with Gasteiger partial charge in [0.05, 0.1) is 7.11 Å². The molecule has 164 valence electrons. The zero-order valence-electron chi connectivity index (χ0n) is 19.4. The molecule has 0 unspecified atom stereocenters. The van der Waals surface area contributed by atoms with E-state index in [9.17, 15) is 0 Å². The topological polar surface area (TPSA) is 21.3 Å². The molecule has 0 amide bonds. The quantitative estimate of drug-likeness (QED) is 0.298. The van der Waals surface area contributed by atoms with Gasteiger partial charge in [-0.25, -0.2) is 0 Å². The number of anilines is 2. The molecule has 1 N–H and O–H groups in total. The molecular formula is C31H29NO. The van der Waals surface area contributed by atoms with Gasteiger partial charge >= 0.3 is 0 Å². The van der Waals surface area contributed by atoms with Crippen molar-refractivity contribution >= 4 is 23.0 Å². The molecule has 0 saturated heterocycles. The fraction of sp³-hybridized carbons (Fsp3) is 0.0968. The normalized spacial score (nSPS) is 10.8. The minimum absolute atomic E-state index is 0.852. The standard InChI is InChI=1S/C31H29NO/c1-23-7-13-26(14-8-23)31(27-15-9-24(2)10-16-27)6-4-5-25-11-17-28(18-12-25)32-29-19-21-30(33-3)22-20-29/h4-22,32H,1-3H3/b5-4+. The van der Waals surface area contributed by atoms with E-state index in [1.54, 1.807) is 7.11 Å². The third-order valence-corrected chi connectivity index (χ3v) is 5.57. The molecule has 4 aromatic carbocycles. The Bertz CT molecular complexity index is 1180. The Balaban J connectivity index is 1.51. The molecule has 0 fully saturated rings. The van der Waals surface area contributed by atoms with Crippen LogP contribution in [0.25, 0.3) is 11.6 Å². The average Bonchev–Trinajstić information content (AvgIpc) is 2.85. The highest BCUT2D eigenvalue weighted by Gasteiger charge is 2.04. The number of nitrogens with one attached hydrogen (secondary N) is 1. The second kappa shape index (κ2) is 10.5. The lowest BCUT2D eigenvalue weighted by atomic mass is 9.96. The van der Waals surface area contributed by atoms with E-state index in [0.717, 1.165) is 22.7 Å². The highest BCUT2D eigenvalue weighted by molar-refractivity contribution is 5.81. The highest BCUT2D eigenvalue weighted by atomic mass is 16.5. The molecule has 0 bridgehead atoms. The first-order valence-corrected chi connectivity index (χ1v) is 11.1. The molecule has 0 radical (unpaired) electrons. The zero-order valence-corrected chi connectivity index (χ0v) is 19.4. The highest BCUT2D eigenvalue weighted by Crippen LogP contribution is 2.25. The van der Waals surface area contributed by atoms with E-state index >= 15 is 0 Å². The Morgan fingerprint density at radius 3 is 1.61 bits per heavy atom. The van der Waals surface area contributed by atoms with Crippen molar-refractivity contribution in [3.63, 3.8) is 0 Å². The monoisotopic (exact) mass is 431 g/mol. The van der Waals surface area contributed by atoms with Crippen molar-refractivity contribution in [2.24, 2.45) is 0 Å². The van der Waals surface area contributed by atoms with Crippen LogP contribution in [-0.4, -0.2) is 7.11 Å². The van der Waals surface area contributed by atoms with Gasteiger partial charge in [-0.1, -0.05) is 90.0 Å². The van der Waals surface area contributed by atoms with Gasteiger partial charge in [0.2, 0.25) is 0 Å². The number of methoxy groups -OCH3 is 1. The van der Waals surface area contributed by atoms with E-state index in [4.69, 9.17) is 4.74 Å². The summed E-state index contributed by atoms with van der Waals surface area (Å²) in [6.45, 7) is 4.23. The lowest BCUT2D eigenvalue weighted by molar-refractivity contribution is 0.415. The molecular weight excluding hydrogens is 402 g/mol. The van der Waals surface area contributed by atoms with E-state index in [2.05, 4.69) is 110 Å². The van der Waals surface area contributed by atoms with Gasteiger partial charge in [-0.2, -0.15) is 0 Å². The van der Waals surface area contributed by atoms with E-state index in [0.29, 0.717) is 0 Å². The summed E-state index contributed by atoms with van der Waals surface area (Å²) in [5, 5.41) is 3.42. The molecule has 33 heavy (non-hydrogen) atoms. The number of hydrogen-bond donors (Lipinski definition) is 1. The van der Waals surface area contributed by atoms with Crippen molar-refractivity contribution in [3.05, 3.63) is 137 Å². The first-order valence-electron chi connectivity index (χ1n) is 11.1. The van der Waals surface area contributed by atoms with Gasteiger partial charge in [0.15, 0.2) is 0 Å². The molecule has 0 aliphatic heterocycles. The van der Waals surface area contributed by atoms with Crippen molar-refractivity contribution in [1.82, 2.24) is 0 Å². The summed E-state index contributed by atoms with van der Waals surface area (Å²) in [5.41, 5.74) is 9.40. The third-order valence-electron chi connectivity index (χ3n) is 5.57. The van der Waals surface area contributed by atoms with Crippen LogP contribution >= 0.6 is 0 Å². The Morgan fingerprint density at radius 1 is 0.636 bits per heavy atom. The van der Waals surface area contributed by atoms with Crippen LogP contribution in [0.3, 0.4) is 0 Å². The summed E-state index contributed by atoms with van der Waals surface area (Å²) in [5.74, 6) is 0.852. The lowest BCUT2D eigenvalue weighted by Gasteiger charge is -2.09. The van der Waals surface area contributed by atoms with Crippen LogP contribution in [0.4, 0.5) is 11.4 Å². The maximum absolute atomic E-state index is 5.22. The zero-order chi connectivity index (χ0) is 23.0. The van der Waals surface area contributed by atoms with E-state index < -0.39 is 0 Å². The largest absolute Gasteiger partial charge is 0.497 e. The molecule has 4 aromatic rings. The first kappa shape index (κ1) is 22.2. The average molecular weight is 432 g/mol. The first-order chi connectivity index (χ1) is 16.1. The summed E-state index contributed by atoms with van der Waals surface area (Å²) < 4.78 is 5.22. The smallest absolute Gasteiger partial charge is 0.119 e. The number of ether oxygens (including phenoxy) is 1. The number of benzene rings is 4. The Kier molecular flexibility index (Phi) is 7.06. The molecule has 0 atom stereocenters. The van der Waals surface area contributed by atoms with Crippen LogP contribution in [0.2, 0.25) is 0 Å². The minimum Gasteiger partial charge on any atom is -0.497 e. The fourth-order valence-corrected chi connectivity index (χ4v) is 3.60. The van der Waals surface area contributed by atoms with Gasteiger partial charge in [-0.3, -0.25) is 0 Å². The molecule has 2 heteroatoms. The summed E-state index contributed by atoms with van der Waals surface area (Å²) >= 11 is 0. The molecule has 0 aliphatic rings. The van der Waals surface area contributed by atoms with Crippen LogP contribution in [-0.2, 0) is 0 Å². The van der Waals surface area contributed by atoms with Crippen molar-refractivity contribution in [3.8, 4) is 5.75 Å². The van der Waals surface area contributed by atoms with Gasteiger partial charge in [-0.15, -0.1) is 0 Å².